The average Bonchev–Trinajstić information content (AvgIpc) is 2.70. The fourth-order valence-corrected chi connectivity index (χ4v) is 2.64. The van der Waals surface area contributed by atoms with Crippen LogP contribution in [0.15, 0.2) is 6.33 Å². The van der Waals surface area contributed by atoms with Crippen molar-refractivity contribution in [2.45, 2.75) is 52.5 Å². The molecule has 4 nitrogen and oxygen atoms in total. The lowest BCUT2D eigenvalue weighted by molar-refractivity contribution is 0.126. The lowest BCUT2D eigenvalue weighted by atomic mass is 9.66. The third kappa shape index (κ3) is 2.86. The monoisotopic (exact) mass is 236 g/mol. The summed E-state index contributed by atoms with van der Waals surface area (Å²) in [4.78, 5) is 4.43. The molecule has 0 unspecified atom stereocenters. The second-order valence-electron chi connectivity index (χ2n) is 5.21. The van der Waals surface area contributed by atoms with Gasteiger partial charge in [0.2, 0.25) is 0 Å². The minimum Gasteiger partial charge on any atom is -0.316 e. The summed E-state index contributed by atoms with van der Waals surface area (Å²) in [7, 11) is 0. The molecule has 1 N–H and O–H groups in total. The first kappa shape index (κ1) is 12.6. The Morgan fingerprint density at radius 1 is 1.41 bits per heavy atom. The van der Waals surface area contributed by atoms with Crippen LogP contribution in [0.4, 0.5) is 0 Å². The van der Waals surface area contributed by atoms with E-state index < -0.39 is 0 Å². The maximum Gasteiger partial charge on any atom is 0.138 e. The van der Waals surface area contributed by atoms with Crippen LogP contribution >= 0.6 is 0 Å². The van der Waals surface area contributed by atoms with Gasteiger partial charge in [-0.2, -0.15) is 5.10 Å². The van der Waals surface area contributed by atoms with E-state index in [0.717, 1.165) is 32.5 Å². The Hall–Kier alpha value is -0.900. The minimum absolute atomic E-state index is 0.453. The van der Waals surface area contributed by atoms with Gasteiger partial charge < -0.3 is 5.32 Å². The van der Waals surface area contributed by atoms with Gasteiger partial charge in [0.25, 0.3) is 0 Å². The molecule has 0 bridgehead atoms. The second kappa shape index (κ2) is 5.63. The van der Waals surface area contributed by atoms with Gasteiger partial charge >= 0.3 is 0 Å². The van der Waals surface area contributed by atoms with Gasteiger partial charge in [-0.15, -0.1) is 0 Å². The number of hydrogen-bond donors (Lipinski definition) is 1. The normalized spacial score (nSPS) is 18.0. The van der Waals surface area contributed by atoms with E-state index in [9.17, 15) is 0 Å². The van der Waals surface area contributed by atoms with Crippen molar-refractivity contribution >= 4 is 0 Å². The highest BCUT2D eigenvalue weighted by molar-refractivity contribution is 4.99. The molecule has 0 aliphatic heterocycles. The summed E-state index contributed by atoms with van der Waals surface area (Å²) in [6.45, 7) is 7.54. The van der Waals surface area contributed by atoms with Crippen molar-refractivity contribution in [3.05, 3.63) is 12.2 Å². The SMILES string of the molecule is CCCn1ncnc1CC1(CNCC)CCC1. The first-order valence-corrected chi connectivity index (χ1v) is 6.87. The Labute approximate surface area is 104 Å². The van der Waals surface area contributed by atoms with Gasteiger partial charge in [0.1, 0.15) is 12.2 Å². The zero-order valence-corrected chi connectivity index (χ0v) is 11.1. The van der Waals surface area contributed by atoms with Crippen LogP contribution in [0.1, 0.15) is 45.4 Å². The number of aryl methyl sites for hydroxylation is 1. The van der Waals surface area contributed by atoms with Gasteiger partial charge in [-0.25, -0.2) is 4.98 Å². The maximum absolute atomic E-state index is 4.43. The standard InChI is InChI=1S/C13H24N4/c1-3-8-17-12(15-11-16-17)9-13(6-5-7-13)10-14-4-2/h11,14H,3-10H2,1-2H3. The van der Waals surface area contributed by atoms with Crippen molar-refractivity contribution < 1.29 is 0 Å². The molecule has 0 spiro atoms. The van der Waals surface area contributed by atoms with Crippen LogP contribution in [0.2, 0.25) is 0 Å². The van der Waals surface area contributed by atoms with E-state index in [1.807, 2.05) is 0 Å². The van der Waals surface area contributed by atoms with Crippen molar-refractivity contribution in [2.24, 2.45) is 5.41 Å². The number of nitrogens with one attached hydrogen (secondary N) is 1. The average molecular weight is 236 g/mol. The molecular formula is C13H24N4. The molecule has 2 rings (SSSR count). The highest BCUT2D eigenvalue weighted by Gasteiger charge is 2.37. The van der Waals surface area contributed by atoms with Gasteiger partial charge in [0.05, 0.1) is 0 Å². The zero-order valence-electron chi connectivity index (χ0n) is 11.1. The fourth-order valence-electron chi connectivity index (χ4n) is 2.64. The summed E-state index contributed by atoms with van der Waals surface area (Å²) in [5, 5.41) is 7.81. The molecule has 0 atom stereocenters. The molecule has 1 aliphatic rings. The van der Waals surface area contributed by atoms with Gasteiger partial charge in [-0.1, -0.05) is 20.3 Å². The lowest BCUT2D eigenvalue weighted by Gasteiger charge is -2.42. The molecule has 4 heteroatoms. The molecule has 1 fully saturated rings. The van der Waals surface area contributed by atoms with Crippen LogP contribution < -0.4 is 5.32 Å². The number of aromatic nitrogens is 3. The molecule has 96 valence electrons. The summed E-state index contributed by atoms with van der Waals surface area (Å²) in [6.07, 6.45) is 7.94. The molecule has 1 saturated carbocycles. The van der Waals surface area contributed by atoms with E-state index in [2.05, 4.69) is 33.9 Å². The molecule has 1 aromatic rings. The summed E-state index contributed by atoms with van der Waals surface area (Å²) >= 11 is 0. The summed E-state index contributed by atoms with van der Waals surface area (Å²) in [5.74, 6) is 1.17. The number of nitrogens with zero attached hydrogens (tertiary/aromatic N) is 3. The number of hydrogen-bond acceptors (Lipinski definition) is 3. The van der Waals surface area contributed by atoms with E-state index >= 15 is 0 Å². The second-order valence-corrected chi connectivity index (χ2v) is 5.21. The zero-order chi connectivity index (χ0) is 12.1. The van der Waals surface area contributed by atoms with E-state index in [-0.39, 0.29) is 0 Å². The third-order valence-corrected chi connectivity index (χ3v) is 3.83. The van der Waals surface area contributed by atoms with E-state index in [0.29, 0.717) is 5.41 Å². The molecule has 1 heterocycles. The van der Waals surface area contributed by atoms with E-state index in [4.69, 9.17) is 0 Å². The Balaban J connectivity index is 1.99. The Kier molecular flexibility index (Phi) is 4.15. The summed E-state index contributed by atoms with van der Waals surface area (Å²) in [6, 6.07) is 0. The van der Waals surface area contributed by atoms with Crippen LogP contribution in [-0.4, -0.2) is 27.9 Å². The van der Waals surface area contributed by atoms with Crippen LogP contribution in [0, 0.1) is 5.41 Å². The third-order valence-electron chi connectivity index (χ3n) is 3.83. The van der Waals surface area contributed by atoms with Crippen LogP contribution in [0.3, 0.4) is 0 Å². The number of rotatable bonds is 7. The first-order valence-electron chi connectivity index (χ1n) is 6.87. The summed E-state index contributed by atoms with van der Waals surface area (Å²) < 4.78 is 2.08. The van der Waals surface area contributed by atoms with E-state index in [1.165, 1.54) is 25.1 Å². The first-order chi connectivity index (χ1) is 8.29. The summed E-state index contributed by atoms with van der Waals surface area (Å²) in [5.41, 5.74) is 0.453. The van der Waals surface area contributed by atoms with Crippen molar-refractivity contribution in [2.75, 3.05) is 13.1 Å². The predicted molar refractivity (Wildman–Crippen MR) is 68.8 cm³/mol. The van der Waals surface area contributed by atoms with Crippen molar-refractivity contribution in [3.8, 4) is 0 Å². The van der Waals surface area contributed by atoms with Gasteiger partial charge in [-0.3, -0.25) is 4.68 Å². The molecular weight excluding hydrogens is 212 g/mol. The molecule has 1 aromatic heterocycles. The predicted octanol–water partition coefficient (Wildman–Crippen LogP) is 2.01. The molecule has 17 heavy (non-hydrogen) atoms. The van der Waals surface area contributed by atoms with Crippen LogP contribution in [0.5, 0.6) is 0 Å². The topological polar surface area (TPSA) is 42.7 Å². The lowest BCUT2D eigenvalue weighted by Crippen LogP contribution is -2.42. The van der Waals surface area contributed by atoms with E-state index in [1.54, 1.807) is 6.33 Å². The highest BCUT2D eigenvalue weighted by Crippen LogP contribution is 2.42. The fraction of sp³-hybridized carbons (Fsp3) is 0.846. The molecule has 0 saturated heterocycles. The Morgan fingerprint density at radius 3 is 2.82 bits per heavy atom. The van der Waals surface area contributed by atoms with Crippen LogP contribution in [0.25, 0.3) is 0 Å². The van der Waals surface area contributed by atoms with Gasteiger partial charge in [-0.05, 0) is 31.2 Å². The van der Waals surface area contributed by atoms with Gasteiger partial charge in [0.15, 0.2) is 0 Å². The molecule has 0 radical (unpaired) electrons. The maximum atomic E-state index is 4.43. The van der Waals surface area contributed by atoms with Crippen LogP contribution in [-0.2, 0) is 13.0 Å². The van der Waals surface area contributed by atoms with Crippen molar-refractivity contribution in [3.63, 3.8) is 0 Å². The Morgan fingerprint density at radius 2 is 2.24 bits per heavy atom. The smallest absolute Gasteiger partial charge is 0.138 e. The minimum atomic E-state index is 0.453. The molecule has 0 amide bonds. The Bertz CT molecular complexity index is 341. The van der Waals surface area contributed by atoms with Crippen molar-refractivity contribution in [1.29, 1.82) is 0 Å². The largest absolute Gasteiger partial charge is 0.316 e. The van der Waals surface area contributed by atoms with Gasteiger partial charge in [0, 0.05) is 19.5 Å². The van der Waals surface area contributed by atoms with Crippen molar-refractivity contribution in [1.82, 2.24) is 20.1 Å². The quantitative estimate of drug-likeness (QED) is 0.787. The molecule has 0 aromatic carbocycles. The molecule has 1 aliphatic carbocycles. The highest BCUT2D eigenvalue weighted by atomic mass is 15.3.